The van der Waals surface area contributed by atoms with Gasteiger partial charge in [0.2, 0.25) is 6.79 Å². The first-order valence-corrected chi connectivity index (χ1v) is 8.56. The smallest absolute Gasteiger partial charge is 0.307 e. The van der Waals surface area contributed by atoms with Gasteiger partial charge in [0.25, 0.3) is 5.91 Å². The zero-order valence-electron chi connectivity index (χ0n) is 14.6. The van der Waals surface area contributed by atoms with Crippen LogP contribution in [-0.4, -0.2) is 36.7 Å². The largest absolute Gasteiger partial charge is 0.466 e. The Hall–Kier alpha value is -3.02. The molecule has 1 amide bonds. The molecular weight excluding hydrogens is 334 g/mol. The Morgan fingerprint density at radius 1 is 1.08 bits per heavy atom. The van der Waals surface area contributed by atoms with E-state index in [-0.39, 0.29) is 31.6 Å². The maximum atomic E-state index is 13.0. The molecule has 0 saturated carbocycles. The number of hydrogen-bond acceptors (Lipinski definition) is 5. The SMILES string of the molecule is CCOC(=O)CCN(Cc1ccccc1)C(=O)c1ccc2c(c1)OCO2. The van der Waals surface area contributed by atoms with Crippen LogP contribution >= 0.6 is 0 Å². The van der Waals surface area contributed by atoms with Crippen LogP contribution in [0.4, 0.5) is 0 Å². The zero-order chi connectivity index (χ0) is 18.4. The molecule has 6 nitrogen and oxygen atoms in total. The molecule has 26 heavy (non-hydrogen) atoms. The Morgan fingerprint density at radius 3 is 2.62 bits per heavy atom. The number of ether oxygens (including phenoxy) is 3. The average Bonchev–Trinajstić information content (AvgIpc) is 3.13. The molecule has 0 N–H and O–H groups in total. The number of rotatable bonds is 7. The van der Waals surface area contributed by atoms with Gasteiger partial charge in [0.1, 0.15) is 0 Å². The highest BCUT2D eigenvalue weighted by Gasteiger charge is 2.21. The van der Waals surface area contributed by atoms with Crippen molar-refractivity contribution in [3.8, 4) is 11.5 Å². The fourth-order valence-electron chi connectivity index (χ4n) is 2.73. The van der Waals surface area contributed by atoms with E-state index in [9.17, 15) is 9.59 Å². The van der Waals surface area contributed by atoms with E-state index in [2.05, 4.69) is 0 Å². The number of nitrogens with zero attached hydrogens (tertiary/aromatic N) is 1. The van der Waals surface area contributed by atoms with Crippen molar-refractivity contribution in [2.24, 2.45) is 0 Å². The molecule has 1 aliphatic heterocycles. The van der Waals surface area contributed by atoms with Crippen molar-refractivity contribution >= 4 is 11.9 Å². The van der Waals surface area contributed by atoms with Crippen molar-refractivity contribution in [1.82, 2.24) is 4.90 Å². The van der Waals surface area contributed by atoms with Gasteiger partial charge in [0.15, 0.2) is 11.5 Å². The van der Waals surface area contributed by atoms with Gasteiger partial charge in [-0.3, -0.25) is 9.59 Å². The molecule has 0 aromatic heterocycles. The third kappa shape index (κ3) is 4.33. The Bertz CT molecular complexity index is 775. The summed E-state index contributed by atoms with van der Waals surface area (Å²) in [6, 6.07) is 14.8. The minimum Gasteiger partial charge on any atom is -0.466 e. The molecule has 0 unspecified atom stereocenters. The van der Waals surface area contributed by atoms with Gasteiger partial charge < -0.3 is 19.1 Å². The lowest BCUT2D eigenvalue weighted by molar-refractivity contribution is -0.143. The molecule has 0 fully saturated rings. The highest BCUT2D eigenvalue weighted by Crippen LogP contribution is 2.32. The van der Waals surface area contributed by atoms with Crippen LogP contribution in [0.1, 0.15) is 29.3 Å². The molecule has 136 valence electrons. The van der Waals surface area contributed by atoms with Crippen LogP contribution in [0.25, 0.3) is 0 Å². The van der Waals surface area contributed by atoms with Crippen molar-refractivity contribution in [2.75, 3.05) is 19.9 Å². The lowest BCUT2D eigenvalue weighted by Crippen LogP contribution is -2.33. The normalized spacial score (nSPS) is 11.9. The van der Waals surface area contributed by atoms with Crippen molar-refractivity contribution < 1.29 is 23.8 Å². The van der Waals surface area contributed by atoms with Gasteiger partial charge in [-0.1, -0.05) is 30.3 Å². The fourth-order valence-corrected chi connectivity index (χ4v) is 2.73. The first kappa shape index (κ1) is 17.8. The Balaban J connectivity index is 1.76. The Labute approximate surface area is 152 Å². The van der Waals surface area contributed by atoms with Crippen LogP contribution in [-0.2, 0) is 16.1 Å². The standard InChI is InChI=1S/C20H21NO5/c1-2-24-19(22)10-11-21(13-15-6-4-3-5-7-15)20(23)16-8-9-17-18(12-16)26-14-25-17/h3-9,12H,2,10-11,13-14H2,1H3. The predicted molar refractivity (Wildman–Crippen MR) is 95.0 cm³/mol. The van der Waals surface area contributed by atoms with Crippen molar-refractivity contribution in [1.29, 1.82) is 0 Å². The van der Waals surface area contributed by atoms with E-state index in [0.717, 1.165) is 5.56 Å². The lowest BCUT2D eigenvalue weighted by Gasteiger charge is -2.23. The summed E-state index contributed by atoms with van der Waals surface area (Å²) in [5.41, 5.74) is 1.49. The maximum Gasteiger partial charge on any atom is 0.307 e. The molecule has 2 aromatic rings. The second-order valence-corrected chi connectivity index (χ2v) is 5.84. The third-order valence-corrected chi connectivity index (χ3v) is 4.01. The molecule has 3 rings (SSSR count). The fraction of sp³-hybridized carbons (Fsp3) is 0.300. The summed E-state index contributed by atoms with van der Waals surface area (Å²) in [6.45, 7) is 2.93. The summed E-state index contributed by atoms with van der Waals surface area (Å²) >= 11 is 0. The van der Waals surface area contributed by atoms with E-state index in [0.29, 0.717) is 30.2 Å². The van der Waals surface area contributed by atoms with Crippen molar-refractivity contribution in [3.63, 3.8) is 0 Å². The van der Waals surface area contributed by atoms with E-state index < -0.39 is 0 Å². The summed E-state index contributed by atoms with van der Waals surface area (Å²) in [5, 5.41) is 0. The number of hydrogen-bond donors (Lipinski definition) is 0. The van der Waals surface area contributed by atoms with Crippen LogP contribution < -0.4 is 9.47 Å². The van der Waals surface area contributed by atoms with Crippen LogP contribution in [0.15, 0.2) is 48.5 Å². The molecule has 0 atom stereocenters. The van der Waals surface area contributed by atoms with Crippen LogP contribution in [0.2, 0.25) is 0 Å². The number of fused-ring (bicyclic) bond motifs is 1. The summed E-state index contributed by atoms with van der Waals surface area (Å²) < 4.78 is 15.6. The highest BCUT2D eigenvalue weighted by atomic mass is 16.7. The molecule has 6 heteroatoms. The number of benzene rings is 2. The summed E-state index contributed by atoms with van der Waals surface area (Å²) in [4.78, 5) is 26.4. The Kier molecular flexibility index (Phi) is 5.73. The van der Waals surface area contributed by atoms with Gasteiger partial charge in [-0.05, 0) is 30.7 Å². The first-order valence-electron chi connectivity index (χ1n) is 8.56. The molecule has 1 heterocycles. The van der Waals surface area contributed by atoms with Gasteiger partial charge in [-0.15, -0.1) is 0 Å². The van der Waals surface area contributed by atoms with Crippen molar-refractivity contribution in [2.45, 2.75) is 19.9 Å². The molecular formula is C20H21NO5. The second-order valence-electron chi connectivity index (χ2n) is 5.84. The maximum absolute atomic E-state index is 13.0. The minimum absolute atomic E-state index is 0.150. The summed E-state index contributed by atoms with van der Waals surface area (Å²) in [6.07, 6.45) is 0.150. The van der Waals surface area contributed by atoms with Gasteiger partial charge in [-0.25, -0.2) is 0 Å². The van der Waals surface area contributed by atoms with Gasteiger partial charge in [-0.2, -0.15) is 0 Å². The molecule has 0 saturated heterocycles. The molecule has 0 bridgehead atoms. The molecule has 0 radical (unpaired) electrons. The van der Waals surface area contributed by atoms with E-state index >= 15 is 0 Å². The monoisotopic (exact) mass is 355 g/mol. The minimum atomic E-state index is -0.316. The predicted octanol–water partition coefficient (Wildman–Crippen LogP) is 3.01. The van der Waals surface area contributed by atoms with Crippen LogP contribution in [0, 0.1) is 0 Å². The van der Waals surface area contributed by atoms with E-state index in [1.165, 1.54) is 0 Å². The van der Waals surface area contributed by atoms with Crippen LogP contribution in [0.5, 0.6) is 11.5 Å². The molecule has 1 aliphatic rings. The topological polar surface area (TPSA) is 65.1 Å². The zero-order valence-corrected chi connectivity index (χ0v) is 14.6. The van der Waals surface area contributed by atoms with Crippen LogP contribution in [0.3, 0.4) is 0 Å². The number of esters is 1. The third-order valence-electron chi connectivity index (χ3n) is 4.01. The van der Waals surface area contributed by atoms with E-state index in [1.54, 1.807) is 30.0 Å². The Morgan fingerprint density at radius 2 is 1.85 bits per heavy atom. The van der Waals surface area contributed by atoms with E-state index in [1.807, 2.05) is 30.3 Å². The van der Waals surface area contributed by atoms with Gasteiger partial charge >= 0.3 is 5.97 Å². The molecule has 0 spiro atoms. The lowest BCUT2D eigenvalue weighted by atomic mass is 10.1. The summed E-state index contributed by atoms with van der Waals surface area (Å²) in [7, 11) is 0. The number of carbonyl (C=O) groups excluding carboxylic acids is 2. The number of amides is 1. The second kappa shape index (κ2) is 8.38. The van der Waals surface area contributed by atoms with Gasteiger partial charge in [0, 0.05) is 18.7 Å². The summed E-state index contributed by atoms with van der Waals surface area (Å²) in [5.74, 6) is 0.698. The first-order chi connectivity index (χ1) is 12.7. The molecule has 2 aromatic carbocycles. The molecule has 0 aliphatic carbocycles. The highest BCUT2D eigenvalue weighted by molar-refractivity contribution is 5.95. The van der Waals surface area contributed by atoms with Crippen molar-refractivity contribution in [3.05, 3.63) is 59.7 Å². The number of carbonyl (C=O) groups is 2. The van der Waals surface area contributed by atoms with E-state index in [4.69, 9.17) is 14.2 Å². The average molecular weight is 355 g/mol. The quantitative estimate of drug-likeness (QED) is 0.715. The van der Waals surface area contributed by atoms with Gasteiger partial charge in [0.05, 0.1) is 13.0 Å².